The topological polar surface area (TPSA) is 58.9 Å². The molecule has 0 bridgehead atoms. The summed E-state index contributed by atoms with van der Waals surface area (Å²) in [5, 5.41) is 19.0. The van der Waals surface area contributed by atoms with Crippen LogP contribution in [-0.4, -0.2) is 68.2 Å². The molecule has 41 heavy (non-hydrogen) atoms. The summed E-state index contributed by atoms with van der Waals surface area (Å²) in [6.45, 7) is 8.80. The molecule has 0 radical (unpaired) electrons. The van der Waals surface area contributed by atoms with E-state index >= 15 is 0 Å². The summed E-state index contributed by atoms with van der Waals surface area (Å²) in [5.74, 6) is 0. The number of rotatable bonds is 23. The molecule has 5 heteroatoms. The van der Waals surface area contributed by atoms with Crippen molar-refractivity contribution in [2.45, 2.75) is 85.4 Å². The molecular weight excluding hydrogens is 615 g/mol. The van der Waals surface area contributed by atoms with Crippen LogP contribution in [0.2, 0.25) is 13.3 Å². The molecule has 0 unspecified atom stereocenters. The van der Waals surface area contributed by atoms with Crippen molar-refractivity contribution >= 4 is 18.4 Å². The van der Waals surface area contributed by atoms with Crippen LogP contribution in [0.25, 0.3) is 0 Å². The van der Waals surface area contributed by atoms with E-state index in [1.807, 2.05) is 0 Å². The van der Waals surface area contributed by atoms with Gasteiger partial charge in [-0.15, -0.1) is 0 Å². The van der Waals surface area contributed by atoms with Crippen LogP contribution in [0.15, 0.2) is 81.5 Å². The molecule has 0 aliphatic heterocycles. The molecule has 228 valence electrons. The van der Waals surface area contributed by atoms with Gasteiger partial charge in [0.1, 0.15) is 0 Å². The van der Waals surface area contributed by atoms with Gasteiger partial charge in [-0.2, -0.15) is 0 Å². The predicted molar refractivity (Wildman–Crippen MR) is 176 cm³/mol. The van der Waals surface area contributed by atoms with Crippen LogP contribution in [-0.2, 0) is 22.3 Å². The van der Waals surface area contributed by atoms with E-state index in [0.717, 1.165) is 12.8 Å². The Labute approximate surface area is 254 Å². The molecule has 2 aromatic carbocycles. The van der Waals surface area contributed by atoms with Gasteiger partial charge in [0.25, 0.3) is 0 Å². The number of aliphatic hydroxyl groups is 2. The Morgan fingerprint density at radius 2 is 1.17 bits per heavy atom. The summed E-state index contributed by atoms with van der Waals surface area (Å²) in [5.41, 5.74) is 5.38. The molecule has 0 aliphatic carbocycles. The van der Waals surface area contributed by atoms with E-state index in [2.05, 4.69) is 87.5 Å². The fourth-order valence-corrected chi connectivity index (χ4v) is 23.2. The molecular formula is C36H56O4Sn. The van der Waals surface area contributed by atoms with Crippen LogP contribution in [0, 0.1) is 0 Å². The summed E-state index contributed by atoms with van der Waals surface area (Å²) in [4.78, 5) is 0. The van der Waals surface area contributed by atoms with Gasteiger partial charge in [-0.3, -0.25) is 0 Å². The van der Waals surface area contributed by atoms with E-state index in [-0.39, 0.29) is 13.2 Å². The van der Waals surface area contributed by atoms with Gasteiger partial charge < -0.3 is 0 Å². The second-order valence-electron chi connectivity index (χ2n) is 11.2. The third kappa shape index (κ3) is 13.2. The van der Waals surface area contributed by atoms with Crippen molar-refractivity contribution in [1.29, 1.82) is 0 Å². The minimum atomic E-state index is -2.95. The average Bonchev–Trinajstić information content (AvgIpc) is 3.01. The van der Waals surface area contributed by atoms with Crippen molar-refractivity contribution in [2.75, 3.05) is 39.6 Å². The van der Waals surface area contributed by atoms with Crippen molar-refractivity contribution in [3.8, 4) is 0 Å². The van der Waals surface area contributed by atoms with Crippen molar-refractivity contribution < 1.29 is 19.7 Å². The second kappa shape index (κ2) is 22.1. The molecule has 0 atom stereocenters. The zero-order valence-corrected chi connectivity index (χ0v) is 28.9. The van der Waals surface area contributed by atoms with Crippen molar-refractivity contribution in [3.05, 3.63) is 92.6 Å². The van der Waals surface area contributed by atoms with Gasteiger partial charge in [0.2, 0.25) is 0 Å². The number of hydrogen-bond donors (Lipinski definition) is 2. The Balaban J connectivity index is 2.83. The Bertz CT molecular complexity index is 965. The van der Waals surface area contributed by atoms with Gasteiger partial charge in [-0.25, -0.2) is 0 Å². The summed E-state index contributed by atoms with van der Waals surface area (Å²) < 4.78 is 17.8. The zero-order chi connectivity index (χ0) is 29.6. The maximum absolute atomic E-state index is 9.56. The van der Waals surface area contributed by atoms with E-state index in [9.17, 15) is 10.2 Å². The van der Waals surface area contributed by atoms with Gasteiger partial charge in [0.15, 0.2) is 0 Å². The monoisotopic (exact) mass is 672 g/mol. The number of ether oxygens (including phenoxy) is 2. The first kappa shape index (κ1) is 35.8. The quantitative estimate of drug-likeness (QED) is 0.0713. The number of aliphatic hydroxyl groups excluding tert-OH is 2. The van der Waals surface area contributed by atoms with E-state index in [4.69, 9.17) is 9.47 Å². The standard InChI is InChI=1S/C24H29O4.3C4H9.Sn/c25-13-16-27-15-7-12-23(18-21-8-3-1-4-9-21)24(20-28-17-14-26)19-22-10-5-2-6-11-22;3*1-3-4-2;/h1-11,25-26H,13-20H2;3*1,3-4H2,2H3;/b12-7?,24-23-;;;;. The van der Waals surface area contributed by atoms with E-state index < -0.39 is 18.4 Å². The second-order valence-corrected chi connectivity index (χ2v) is 24.3. The minimum absolute atomic E-state index is 0.0248. The van der Waals surface area contributed by atoms with E-state index in [0.29, 0.717) is 26.4 Å². The summed E-state index contributed by atoms with van der Waals surface area (Å²) in [6, 6.07) is 21.6. The van der Waals surface area contributed by atoms with Crippen molar-refractivity contribution in [1.82, 2.24) is 0 Å². The molecule has 0 spiro atoms. The number of allylic oxidation sites excluding steroid dienone is 2. The molecule has 0 aliphatic rings. The Morgan fingerprint density at radius 3 is 1.66 bits per heavy atom. The summed E-state index contributed by atoms with van der Waals surface area (Å²) in [6.07, 6.45) is 11.7. The summed E-state index contributed by atoms with van der Waals surface area (Å²) in [7, 11) is 0. The molecule has 0 aromatic heterocycles. The van der Waals surface area contributed by atoms with Gasteiger partial charge in [0.05, 0.1) is 0 Å². The Hall–Kier alpha value is -1.44. The number of unbranched alkanes of at least 4 members (excludes halogenated alkanes) is 3. The Kier molecular flexibility index (Phi) is 19.3. The van der Waals surface area contributed by atoms with E-state index in [1.54, 1.807) is 3.59 Å². The van der Waals surface area contributed by atoms with Crippen LogP contribution in [0.3, 0.4) is 0 Å². The molecule has 4 nitrogen and oxygen atoms in total. The van der Waals surface area contributed by atoms with Gasteiger partial charge in [-0.1, -0.05) is 0 Å². The Morgan fingerprint density at radius 1 is 0.683 bits per heavy atom. The molecule has 0 fully saturated rings. The number of hydrogen-bond acceptors (Lipinski definition) is 4. The van der Waals surface area contributed by atoms with E-state index in [1.165, 1.54) is 74.1 Å². The van der Waals surface area contributed by atoms with Gasteiger partial charge in [0, 0.05) is 0 Å². The van der Waals surface area contributed by atoms with Crippen molar-refractivity contribution in [2.24, 2.45) is 0 Å². The molecule has 0 saturated carbocycles. The molecule has 2 N–H and O–H groups in total. The molecule has 0 heterocycles. The molecule has 2 aromatic rings. The van der Waals surface area contributed by atoms with Crippen LogP contribution in [0.1, 0.15) is 70.4 Å². The van der Waals surface area contributed by atoms with Gasteiger partial charge in [-0.05, 0) is 0 Å². The predicted octanol–water partition coefficient (Wildman–Crippen LogP) is 8.10. The van der Waals surface area contributed by atoms with Crippen LogP contribution in [0.4, 0.5) is 0 Å². The molecule has 2 rings (SSSR count). The average molecular weight is 672 g/mol. The normalized spacial score (nSPS) is 13.0. The van der Waals surface area contributed by atoms with Crippen molar-refractivity contribution in [3.63, 3.8) is 0 Å². The fourth-order valence-electron chi connectivity index (χ4n) is 5.83. The molecule has 0 amide bonds. The fraction of sp³-hybridized carbons (Fsp3) is 0.556. The third-order valence-corrected chi connectivity index (χ3v) is 23.9. The SMILES string of the molecule is CCC[CH2][Sn]([CH2]CCC)([CH2]CCC)[C](=C/COCCO)/C(Cc1ccccc1)=C(/COCCO)Cc1ccccc1. The first-order valence-corrected chi connectivity index (χ1v) is 23.5. The third-order valence-electron chi connectivity index (χ3n) is 7.99. The first-order valence-electron chi connectivity index (χ1n) is 16.0. The summed E-state index contributed by atoms with van der Waals surface area (Å²) >= 11 is -2.95. The van der Waals surface area contributed by atoms with Crippen LogP contribution >= 0.6 is 0 Å². The number of benzene rings is 2. The zero-order valence-electron chi connectivity index (χ0n) is 26.1. The van der Waals surface area contributed by atoms with Crippen LogP contribution < -0.4 is 0 Å². The maximum atomic E-state index is 9.56. The first-order chi connectivity index (χ1) is 20.1. The molecule has 0 saturated heterocycles. The van der Waals surface area contributed by atoms with Crippen LogP contribution in [0.5, 0.6) is 0 Å². The van der Waals surface area contributed by atoms with Gasteiger partial charge >= 0.3 is 256 Å².